The van der Waals surface area contributed by atoms with Crippen LogP contribution in [0.5, 0.6) is 0 Å². The lowest BCUT2D eigenvalue weighted by atomic mass is 10.1. The molecule has 0 unspecified atom stereocenters. The Bertz CT molecular complexity index is 974. The predicted octanol–water partition coefficient (Wildman–Crippen LogP) is 4.07. The fourth-order valence-corrected chi connectivity index (χ4v) is 3.65. The Balaban J connectivity index is 1.90. The van der Waals surface area contributed by atoms with E-state index in [9.17, 15) is 9.59 Å². The van der Waals surface area contributed by atoms with Crippen LogP contribution in [0.2, 0.25) is 0 Å². The van der Waals surface area contributed by atoms with Gasteiger partial charge in [0, 0.05) is 41.3 Å². The lowest BCUT2D eigenvalue weighted by Crippen LogP contribution is -2.15. The summed E-state index contributed by atoms with van der Waals surface area (Å²) in [4.78, 5) is 28.5. The zero-order valence-electron chi connectivity index (χ0n) is 15.1. The highest BCUT2D eigenvalue weighted by Gasteiger charge is 2.18. The lowest BCUT2D eigenvalue weighted by molar-refractivity contribution is -0.114. The predicted molar refractivity (Wildman–Crippen MR) is 104 cm³/mol. The van der Waals surface area contributed by atoms with Gasteiger partial charge in [0.2, 0.25) is 5.91 Å². The summed E-state index contributed by atoms with van der Waals surface area (Å²) in [6.07, 6.45) is 1.75. The van der Waals surface area contributed by atoms with E-state index in [4.69, 9.17) is 0 Å². The van der Waals surface area contributed by atoms with Gasteiger partial charge in [-0.15, -0.1) is 11.3 Å². The van der Waals surface area contributed by atoms with Crippen molar-refractivity contribution in [1.29, 1.82) is 0 Å². The normalized spacial score (nSPS) is 10.6. The molecule has 2 N–H and O–H groups in total. The van der Waals surface area contributed by atoms with E-state index < -0.39 is 0 Å². The summed E-state index contributed by atoms with van der Waals surface area (Å²) in [6, 6.07) is 7.28. The molecule has 0 aliphatic heterocycles. The molecule has 134 valence electrons. The Kier molecular flexibility index (Phi) is 4.90. The maximum absolute atomic E-state index is 12.8. The number of carbonyl (C=O) groups is 2. The number of amides is 2. The van der Waals surface area contributed by atoms with Gasteiger partial charge < -0.3 is 10.6 Å². The summed E-state index contributed by atoms with van der Waals surface area (Å²) in [7, 11) is 0. The van der Waals surface area contributed by atoms with Gasteiger partial charge in [0.15, 0.2) is 5.13 Å². The SMILES string of the molecule is CC(=O)Nc1cccc(NC(=O)c2cc(C)n(-c3nccs3)c2C)c1C. The molecule has 0 aliphatic carbocycles. The number of hydrogen-bond donors (Lipinski definition) is 2. The topological polar surface area (TPSA) is 76.0 Å². The van der Waals surface area contributed by atoms with E-state index in [0.717, 1.165) is 22.1 Å². The highest BCUT2D eigenvalue weighted by atomic mass is 32.1. The van der Waals surface area contributed by atoms with Crippen LogP contribution in [-0.2, 0) is 4.79 Å². The average molecular weight is 368 g/mol. The van der Waals surface area contributed by atoms with Crippen LogP contribution in [0.25, 0.3) is 5.13 Å². The monoisotopic (exact) mass is 368 g/mol. The first-order valence-electron chi connectivity index (χ1n) is 8.16. The molecule has 0 atom stereocenters. The number of rotatable bonds is 4. The molecule has 26 heavy (non-hydrogen) atoms. The van der Waals surface area contributed by atoms with Crippen molar-refractivity contribution in [3.63, 3.8) is 0 Å². The highest BCUT2D eigenvalue weighted by Crippen LogP contribution is 2.26. The molecule has 3 rings (SSSR count). The molecule has 2 amide bonds. The van der Waals surface area contributed by atoms with Crippen LogP contribution in [0.1, 0.15) is 34.2 Å². The minimum absolute atomic E-state index is 0.149. The quantitative estimate of drug-likeness (QED) is 0.729. The third-order valence-electron chi connectivity index (χ3n) is 4.18. The van der Waals surface area contributed by atoms with Crippen molar-refractivity contribution in [3.05, 3.63) is 58.4 Å². The van der Waals surface area contributed by atoms with Gasteiger partial charge in [0.25, 0.3) is 5.91 Å². The Morgan fingerprint density at radius 1 is 1.12 bits per heavy atom. The van der Waals surface area contributed by atoms with Crippen molar-refractivity contribution >= 4 is 34.5 Å². The number of aryl methyl sites for hydroxylation is 1. The molecule has 0 aliphatic rings. The molecule has 6 nitrogen and oxygen atoms in total. The number of nitrogens with zero attached hydrogens (tertiary/aromatic N) is 2. The molecular weight excluding hydrogens is 348 g/mol. The molecule has 0 fully saturated rings. The molecule has 1 aromatic carbocycles. The Labute approximate surface area is 155 Å². The molecule has 2 aromatic heterocycles. The molecule has 0 radical (unpaired) electrons. The van der Waals surface area contributed by atoms with Crippen molar-refractivity contribution in [3.8, 4) is 5.13 Å². The zero-order valence-corrected chi connectivity index (χ0v) is 15.9. The summed E-state index contributed by atoms with van der Waals surface area (Å²) in [5, 5.41) is 8.46. The molecule has 0 saturated carbocycles. The van der Waals surface area contributed by atoms with E-state index in [1.165, 1.54) is 18.3 Å². The van der Waals surface area contributed by atoms with Crippen LogP contribution < -0.4 is 10.6 Å². The molecule has 3 aromatic rings. The molecule has 7 heteroatoms. The minimum Gasteiger partial charge on any atom is -0.326 e. The first kappa shape index (κ1) is 17.9. The Morgan fingerprint density at radius 3 is 2.42 bits per heavy atom. The van der Waals surface area contributed by atoms with E-state index in [2.05, 4.69) is 15.6 Å². The first-order valence-corrected chi connectivity index (χ1v) is 9.04. The van der Waals surface area contributed by atoms with Crippen molar-refractivity contribution < 1.29 is 9.59 Å². The third-order valence-corrected chi connectivity index (χ3v) is 4.94. The van der Waals surface area contributed by atoms with Crippen LogP contribution in [0.4, 0.5) is 11.4 Å². The summed E-state index contributed by atoms with van der Waals surface area (Å²) in [5.74, 6) is -0.340. The van der Waals surface area contributed by atoms with Crippen molar-refractivity contribution in [2.45, 2.75) is 27.7 Å². The second-order valence-electron chi connectivity index (χ2n) is 6.05. The van der Waals surface area contributed by atoms with E-state index in [-0.39, 0.29) is 11.8 Å². The standard InChI is InChI=1S/C19H20N4O2S/c1-11-10-15(13(3)23(11)19-20-8-9-26-19)18(25)22-17-7-5-6-16(12(17)2)21-14(4)24/h5-10H,1-4H3,(H,21,24)(H,22,25). The average Bonchev–Trinajstić information content (AvgIpc) is 3.18. The molecule has 0 spiro atoms. The van der Waals surface area contributed by atoms with E-state index in [1.807, 2.05) is 42.9 Å². The summed E-state index contributed by atoms with van der Waals surface area (Å²) < 4.78 is 1.97. The summed E-state index contributed by atoms with van der Waals surface area (Å²) >= 11 is 1.52. The van der Waals surface area contributed by atoms with Gasteiger partial charge in [-0.25, -0.2) is 4.98 Å². The smallest absolute Gasteiger partial charge is 0.257 e. The highest BCUT2D eigenvalue weighted by molar-refractivity contribution is 7.12. The fraction of sp³-hybridized carbons (Fsp3) is 0.211. The van der Waals surface area contributed by atoms with Gasteiger partial charge in [-0.3, -0.25) is 14.2 Å². The van der Waals surface area contributed by atoms with Crippen LogP contribution >= 0.6 is 11.3 Å². The van der Waals surface area contributed by atoms with Gasteiger partial charge >= 0.3 is 0 Å². The van der Waals surface area contributed by atoms with Crippen molar-refractivity contribution in [2.24, 2.45) is 0 Å². The van der Waals surface area contributed by atoms with E-state index in [1.54, 1.807) is 18.3 Å². The van der Waals surface area contributed by atoms with Gasteiger partial charge in [0.1, 0.15) is 0 Å². The van der Waals surface area contributed by atoms with Crippen LogP contribution in [0.3, 0.4) is 0 Å². The third kappa shape index (κ3) is 3.39. The van der Waals surface area contributed by atoms with E-state index in [0.29, 0.717) is 16.9 Å². The lowest BCUT2D eigenvalue weighted by Gasteiger charge is -2.13. The minimum atomic E-state index is -0.191. The number of anilines is 2. The van der Waals surface area contributed by atoms with E-state index >= 15 is 0 Å². The largest absolute Gasteiger partial charge is 0.326 e. The first-order chi connectivity index (χ1) is 12.4. The number of nitrogens with one attached hydrogen (secondary N) is 2. The van der Waals surface area contributed by atoms with Crippen LogP contribution in [-0.4, -0.2) is 21.4 Å². The van der Waals surface area contributed by atoms with Crippen LogP contribution in [0.15, 0.2) is 35.8 Å². The Morgan fingerprint density at radius 2 is 1.81 bits per heavy atom. The van der Waals surface area contributed by atoms with Gasteiger partial charge in [0.05, 0.1) is 5.56 Å². The van der Waals surface area contributed by atoms with Gasteiger partial charge in [-0.05, 0) is 44.5 Å². The molecule has 0 saturated heterocycles. The number of thiazole rings is 1. The summed E-state index contributed by atoms with van der Waals surface area (Å²) in [6.45, 7) is 7.18. The summed E-state index contributed by atoms with van der Waals surface area (Å²) in [5.41, 5.74) is 4.55. The number of carbonyl (C=O) groups excluding carboxylic acids is 2. The maximum atomic E-state index is 12.8. The second kappa shape index (κ2) is 7.13. The second-order valence-corrected chi connectivity index (χ2v) is 6.92. The number of benzene rings is 1. The molecule has 2 heterocycles. The molecule has 0 bridgehead atoms. The fourth-order valence-electron chi connectivity index (χ4n) is 2.90. The number of aromatic nitrogens is 2. The maximum Gasteiger partial charge on any atom is 0.257 e. The van der Waals surface area contributed by atoms with Crippen molar-refractivity contribution in [1.82, 2.24) is 9.55 Å². The van der Waals surface area contributed by atoms with Gasteiger partial charge in [-0.2, -0.15) is 0 Å². The zero-order chi connectivity index (χ0) is 18.8. The Hall–Kier alpha value is -2.93. The van der Waals surface area contributed by atoms with Crippen LogP contribution in [0, 0.1) is 20.8 Å². The van der Waals surface area contributed by atoms with Crippen molar-refractivity contribution in [2.75, 3.05) is 10.6 Å². The number of hydrogen-bond acceptors (Lipinski definition) is 4. The molecular formula is C19H20N4O2S. The van der Waals surface area contributed by atoms with Gasteiger partial charge in [-0.1, -0.05) is 6.07 Å².